The smallest absolute Gasteiger partial charge is 0.132 e. The lowest BCUT2D eigenvalue weighted by Crippen LogP contribution is -2.13. The highest BCUT2D eigenvalue weighted by Gasteiger charge is 2.15. The summed E-state index contributed by atoms with van der Waals surface area (Å²) in [5, 5.41) is 3.10. The third kappa shape index (κ3) is 2.29. The molecule has 2 rings (SSSR count). The van der Waals surface area contributed by atoms with E-state index in [1.165, 1.54) is 6.07 Å². The van der Waals surface area contributed by atoms with Crippen molar-refractivity contribution >= 4 is 0 Å². The molecule has 2 aromatic rings. The van der Waals surface area contributed by atoms with Crippen molar-refractivity contribution in [2.75, 3.05) is 13.6 Å². The number of benzene rings is 1. The van der Waals surface area contributed by atoms with Crippen LogP contribution >= 0.6 is 0 Å². The lowest BCUT2D eigenvalue weighted by molar-refractivity contribution is 0.630. The molecule has 0 radical (unpaired) electrons. The standard InChI is InChI=1S/C14H18FN3/c1-10-14(11-6-4-5-7-12(11)15)17-13(18(10)3)8-9-16-2/h4-7,16H,8-9H2,1-3H3. The average molecular weight is 247 g/mol. The maximum atomic E-state index is 13.8. The van der Waals surface area contributed by atoms with Crippen molar-refractivity contribution in [3.8, 4) is 11.3 Å². The van der Waals surface area contributed by atoms with Crippen molar-refractivity contribution in [3.63, 3.8) is 0 Å². The molecule has 0 aliphatic carbocycles. The Morgan fingerprint density at radius 2 is 2.06 bits per heavy atom. The van der Waals surface area contributed by atoms with E-state index >= 15 is 0 Å². The molecule has 1 heterocycles. The third-order valence-corrected chi connectivity index (χ3v) is 3.20. The van der Waals surface area contributed by atoms with Crippen LogP contribution in [-0.2, 0) is 13.5 Å². The largest absolute Gasteiger partial charge is 0.335 e. The van der Waals surface area contributed by atoms with Gasteiger partial charge in [0.25, 0.3) is 0 Å². The van der Waals surface area contributed by atoms with Gasteiger partial charge in [-0.2, -0.15) is 0 Å². The molecule has 0 spiro atoms. The molecule has 0 saturated heterocycles. The summed E-state index contributed by atoms with van der Waals surface area (Å²) in [7, 11) is 3.88. The maximum Gasteiger partial charge on any atom is 0.132 e. The topological polar surface area (TPSA) is 29.9 Å². The van der Waals surface area contributed by atoms with E-state index in [1.54, 1.807) is 12.1 Å². The minimum atomic E-state index is -0.223. The van der Waals surface area contributed by atoms with Crippen molar-refractivity contribution < 1.29 is 4.39 Å². The molecule has 0 aliphatic heterocycles. The number of hydrogen-bond acceptors (Lipinski definition) is 2. The van der Waals surface area contributed by atoms with Gasteiger partial charge in [0, 0.05) is 31.3 Å². The number of rotatable bonds is 4. The average Bonchev–Trinajstić information content (AvgIpc) is 2.65. The van der Waals surface area contributed by atoms with Crippen molar-refractivity contribution in [3.05, 3.63) is 41.6 Å². The van der Waals surface area contributed by atoms with Crippen molar-refractivity contribution in [1.82, 2.24) is 14.9 Å². The summed E-state index contributed by atoms with van der Waals surface area (Å²) in [5.74, 6) is 0.749. The first-order valence-electron chi connectivity index (χ1n) is 6.07. The van der Waals surface area contributed by atoms with Crippen LogP contribution in [0.1, 0.15) is 11.5 Å². The summed E-state index contributed by atoms with van der Waals surface area (Å²) in [4.78, 5) is 4.56. The molecule has 1 aromatic heterocycles. The van der Waals surface area contributed by atoms with Crippen LogP contribution in [0, 0.1) is 12.7 Å². The first-order valence-corrected chi connectivity index (χ1v) is 6.07. The number of likely N-dealkylation sites (N-methyl/N-ethyl adjacent to an activating group) is 1. The van der Waals surface area contributed by atoms with Crippen LogP contribution in [0.4, 0.5) is 4.39 Å². The predicted molar refractivity (Wildman–Crippen MR) is 71.0 cm³/mol. The zero-order valence-electron chi connectivity index (χ0n) is 11.0. The molecule has 1 aromatic carbocycles. The molecule has 0 saturated carbocycles. The minimum Gasteiger partial charge on any atom is -0.335 e. The Balaban J connectivity index is 2.43. The molecule has 0 unspecified atom stereocenters. The van der Waals surface area contributed by atoms with Crippen molar-refractivity contribution in [1.29, 1.82) is 0 Å². The number of imidazole rings is 1. The van der Waals surface area contributed by atoms with Crippen molar-refractivity contribution in [2.45, 2.75) is 13.3 Å². The summed E-state index contributed by atoms with van der Waals surface area (Å²) in [6, 6.07) is 6.77. The Bertz CT molecular complexity index is 546. The normalized spacial score (nSPS) is 10.9. The SMILES string of the molecule is CNCCc1nc(-c2ccccc2F)c(C)n1C. The highest BCUT2D eigenvalue weighted by Crippen LogP contribution is 2.25. The van der Waals surface area contributed by atoms with E-state index in [4.69, 9.17) is 0 Å². The number of nitrogens with one attached hydrogen (secondary N) is 1. The van der Waals surface area contributed by atoms with Gasteiger partial charge in [0.15, 0.2) is 0 Å². The van der Waals surface area contributed by atoms with Crippen LogP contribution in [0.3, 0.4) is 0 Å². The number of halogens is 1. The molecule has 1 N–H and O–H groups in total. The van der Waals surface area contributed by atoms with E-state index in [1.807, 2.05) is 31.7 Å². The van der Waals surface area contributed by atoms with Crippen LogP contribution in [0.15, 0.2) is 24.3 Å². The van der Waals surface area contributed by atoms with E-state index < -0.39 is 0 Å². The summed E-state index contributed by atoms with van der Waals surface area (Å²) >= 11 is 0. The first-order chi connectivity index (χ1) is 8.65. The second-order valence-corrected chi connectivity index (χ2v) is 4.35. The van der Waals surface area contributed by atoms with Gasteiger partial charge in [0.2, 0.25) is 0 Å². The Morgan fingerprint density at radius 3 is 2.72 bits per heavy atom. The lowest BCUT2D eigenvalue weighted by Gasteiger charge is -2.02. The highest BCUT2D eigenvalue weighted by atomic mass is 19.1. The molecule has 0 atom stereocenters. The quantitative estimate of drug-likeness (QED) is 0.898. The van der Waals surface area contributed by atoms with E-state index in [2.05, 4.69) is 10.3 Å². The van der Waals surface area contributed by atoms with Gasteiger partial charge < -0.3 is 9.88 Å². The van der Waals surface area contributed by atoms with Gasteiger partial charge in [0.1, 0.15) is 11.6 Å². The van der Waals surface area contributed by atoms with Gasteiger partial charge in [0.05, 0.1) is 5.69 Å². The van der Waals surface area contributed by atoms with Gasteiger partial charge in [-0.05, 0) is 26.1 Å². The van der Waals surface area contributed by atoms with Gasteiger partial charge >= 0.3 is 0 Å². The number of aromatic nitrogens is 2. The highest BCUT2D eigenvalue weighted by molar-refractivity contribution is 5.62. The van der Waals surface area contributed by atoms with E-state index in [-0.39, 0.29) is 5.82 Å². The molecule has 18 heavy (non-hydrogen) atoms. The van der Waals surface area contributed by atoms with E-state index in [0.717, 1.165) is 30.2 Å². The monoisotopic (exact) mass is 247 g/mol. The van der Waals surface area contributed by atoms with Gasteiger partial charge in [-0.25, -0.2) is 9.37 Å². The summed E-state index contributed by atoms with van der Waals surface area (Å²) in [6.45, 7) is 2.83. The third-order valence-electron chi connectivity index (χ3n) is 3.20. The number of nitrogens with zero attached hydrogens (tertiary/aromatic N) is 2. The molecule has 3 nitrogen and oxygen atoms in total. The Morgan fingerprint density at radius 1 is 1.33 bits per heavy atom. The van der Waals surface area contributed by atoms with Crippen LogP contribution in [0.5, 0.6) is 0 Å². The Kier molecular flexibility index (Phi) is 3.77. The Labute approximate surface area is 107 Å². The molecule has 0 aliphatic rings. The fourth-order valence-corrected chi connectivity index (χ4v) is 2.01. The second kappa shape index (κ2) is 5.31. The summed E-state index contributed by atoms with van der Waals surface area (Å²) in [5.41, 5.74) is 2.30. The summed E-state index contributed by atoms with van der Waals surface area (Å²) < 4.78 is 15.8. The molecular formula is C14H18FN3. The van der Waals surface area contributed by atoms with Crippen LogP contribution < -0.4 is 5.32 Å². The summed E-state index contributed by atoms with van der Waals surface area (Å²) in [6.07, 6.45) is 0.836. The van der Waals surface area contributed by atoms with E-state index in [0.29, 0.717) is 5.56 Å². The zero-order valence-corrected chi connectivity index (χ0v) is 11.0. The van der Waals surface area contributed by atoms with Gasteiger partial charge in [-0.15, -0.1) is 0 Å². The Hall–Kier alpha value is -1.68. The predicted octanol–water partition coefficient (Wildman–Crippen LogP) is 2.30. The fraction of sp³-hybridized carbons (Fsp3) is 0.357. The van der Waals surface area contributed by atoms with Crippen LogP contribution in [0.25, 0.3) is 11.3 Å². The molecule has 0 bridgehead atoms. The zero-order chi connectivity index (χ0) is 13.1. The van der Waals surface area contributed by atoms with Crippen LogP contribution in [0.2, 0.25) is 0 Å². The number of hydrogen-bond donors (Lipinski definition) is 1. The minimum absolute atomic E-state index is 0.223. The van der Waals surface area contributed by atoms with Crippen LogP contribution in [-0.4, -0.2) is 23.1 Å². The fourth-order valence-electron chi connectivity index (χ4n) is 2.01. The molecule has 0 fully saturated rings. The van der Waals surface area contributed by atoms with Crippen molar-refractivity contribution in [2.24, 2.45) is 7.05 Å². The van der Waals surface area contributed by atoms with E-state index in [9.17, 15) is 4.39 Å². The molecule has 0 amide bonds. The molecule has 4 heteroatoms. The molecular weight excluding hydrogens is 229 g/mol. The molecule has 96 valence electrons. The second-order valence-electron chi connectivity index (χ2n) is 4.35. The lowest BCUT2D eigenvalue weighted by atomic mass is 10.1. The first kappa shape index (κ1) is 12.8. The van der Waals surface area contributed by atoms with Gasteiger partial charge in [-0.3, -0.25) is 0 Å². The maximum absolute atomic E-state index is 13.8. The van der Waals surface area contributed by atoms with Gasteiger partial charge in [-0.1, -0.05) is 12.1 Å².